The number of halogens is 1. The summed E-state index contributed by atoms with van der Waals surface area (Å²) >= 11 is 6.35. The molecule has 0 saturated carbocycles. The molecule has 0 saturated heterocycles. The maximum absolute atomic E-state index is 9.08. The van der Waals surface area contributed by atoms with Crippen molar-refractivity contribution in [2.75, 3.05) is 31.6 Å². The molecule has 0 aliphatic carbocycles. The summed E-state index contributed by atoms with van der Waals surface area (Å²) in [5, 5.41) is 31.1. The van der Waals surface area contributed by atoms with Crippen molar-refractivity contribution in [1.82, 2.24) is 19.8 Å². The SMILES string of the molecule is N/C(=C\N(N)CCO)n1cc(-c2cn[nH]c2)c2c(NCCCO)cc(Cl)cc21. The van der Waals surface area contributed by atoms with E-state index in [9.17, 15) is 0 Å². The number of aliphatic hydroxyl groups is 2. The number of aromatic nitrogens is 3. The van der Waals surface area contributed by atoms with Gasteiger partial charge in [0.15, 0.2) is 0 Å². The van der Waals surface area contributed by atoms with E-state index in [-0.39, 0.29) is 19.8 Å². The van der Waals surface area contributed by atoms with E-state index in [0.717, 1.165) is 27.7 Å². The van der Waals surface area contributed by atoms with Crippen molar-refractivity contribution in [3.05, 3.63) is 41.9 Å². The molecule has 0 amide bonds. The molecule has 3 aromatic rings. The van der Waals surface area contributed by atoms with Gasteiger partial charge in [-0.05, 0) is 18.6 Å². The molecule has 0 aliphatic rings. The second-order valence-corrected chi connectivity index (χ2v) is 6.70. The number of nitrogens with two attached hydrogens (primary N) is 2. The number of benzene rings is 1. The molecule has 10 heteroatoms. The molecule has 0 fully saturated rings. The van der Waals surface area contributed by atoms with Crippen molar-refractivity contribution < 1.29 is 10.2 Å². The van der Waals surface area contributed by atoms with Crippen LogP contribution < -0.4 is 16.9 Å². The molecular weight excluding hydrogens is 382 g/mol. The lowest BCUT2D eigenvalue weighted by atomic mass is 10.1. The Morgan fingerprint density at radius 1 is 1.36 bits per heavy atom. The van der Waals surface area contributed by atoms with Crippen molar-refractivity contribution in [3.8, 4) is 11.1 Å². The number of H-pyrrole nitrogens is 1. The summed E-state index contributed by atoms with van der Waals surface area (Å²) in [4.78, 5) is 0. The minimum Gasteiger partial charge on any atom is -0.396 e. The van der Waals surface area contributed by atoms with Crippen LogP contribution in [0.1, 0.15) is 6.42 Å². The van der Waals surface area contributed by atoms with Crippen molar-refractivity contribution >= 4 is 34.0 Å². The molecule has 0 bridgehead atoms. The standard InChI is InChI=1S/C18H24ClN7O2/c19-13-6-15(22-2-1-4-27)18-14(12-8-23-24-9-12)10-26(16(18)7-13)17(20)11-25(21)3-5-28/h6-11,22,27-28H,1-5,20-21H2,(H,23,24)/b17-11+. The predicted molar refractivity (Wildman–Crippen MR) is 111 cm³/mol. The number of hydrogen-bond donors (Lipinski definition) is 6. The van der Waals surface area contributed by atoms with E-state index in [1.54, 1.807) is 23.2 Å². The van der Waals surface area contributed by atoms with E-state index in [2.05, 4.69) is 15.5 Å². The number of nitrogens with one attached hydrogen (secondary N) is 2. The number of hydrogen-bond acceptors (Lipinski definition) is 7. The molecule has 0 radical (unpaired) electrons. The van der Waals surface area contributed by atoms with Gasteiger partial charge in [-0.2, -0.15) is 5.10 Å². The first-order chi connectivity index (χ1) is 13.5. The summed E-state index contributed by atoms with van der Waals surface area (Å²) in [5.41, 5.74) is 9.71. The zero-order valence-corrected chi connectivity index (χ0v) is 16.0. The van der Waals surface area contributed by atoms with Crippen LogP contribution in [0.2, 0.25) is 5.02 Å². The van der Waals surface area contributed by atoms with Crippen LogP contribution in [0.4, 0.5) is 5.69 Å². The third-order valence-electron chi connectivity index (χ3n) is 4.26. The summed E-state index contributed by atoms with van der Waals surface area (Å²) in [6.07, 6.45) is 7.58. The van der Waals surface area contributed by atoms with Gasteiger partial charge in [0.2, 0.25) is 0 Å². The Balaban J connectivity index is 2.17. The second kappa shape index (κ2) is 8.98. The summed E-state index contributed by atoms with van der Waals surface area (Å²) in [5.74, 6) is 6.21. The first-order valence-corrected chi connectivity index (χ1v) is 9.21. The zero-order valence-electron chi connectivity index (χ0n) is 15.3. The number of fused-ring (bicyclic) bond motifs is 1. The number of nitrogens with zero attached hydrogens (tertiary/aromatic N) is 3. The predicted octanol–water partition coefficient (Wildman–Crippen LogP) is 1.36. The van der Waals surface area contributed by atoms with E-state index in [1.165, 1.54) is 5.01 Å². The Kier molecular flexibility index (Phi) is 6.42. The number of aromatic amines is 1. The maximum Gasteiger partial charge on any atom is 0.125 e. The fraction of sp³-hybridized carbons (Fsp3) is 0.278. The minimum absolute atomic E-state index is 0.0856. The molecular formula is C18H24ClN7O2. The molecule has 2 heterocycles. The fourth-order valence-corrected chi connectivity index (χ4v) is 3.23. The van der Waals surface area contributed by atoms with Crippen molar-refractivity contribution in [3.63, 3.8) is 0 Å². The lowest BCUT2D eigenvalue weighted by Crippen LogP contribution is -2.29. The van der Waals surface area contributed by atoms with E-state index in [1.807, 2.05) is 18.3 Å². The van der Waals surface area contributed by atoms with Crippen molar-refractivity contribution in [2.45, 2.75) is 6.42 Å². The van der Waals surface area contributed by atoms with E-state index in [4.69, 9.17) is 33.4 Å². The van der Waals surface area contributed by atoms with Gasteiger partial charge in [0, 0.05) is 52.8 Å². The molecule has 0 unspecified atom stereocenters. The third-order valence-corrected chi connectivity index (χ3v) is 4.48. The largest absolute Gasteiger partial charge is 0.396 e. The molecule has 28 heavy (non-hydrogen) atoms. The lowest BCUT2D eigenvalue weighted by molar-refractivity contribution is 0.239. The number of anilines is 1. The van der Waals surface area contributed by atoms with Crippen LogP contribution in [-0.2, 0) is 0 Å². The van der Waals surface area contributed by atoms with E-state index in [0.29, 0.717) is 23.8 Å². The van der Waals surface area contributed by atoms with Gasteiger partial charge >= 0.3 is 0 Å². The Hall–Kier alpha value is -2.72. The molecule has 0 spiro atoms. The van der Waals surface area contributed by atoms with Gasteiger partial charge in [-0.15, -0.1) is 0 Å². The van der Waals surface area contributed by atoms with Crippen molar-refractivity contribution in [1.29, 1.82) is 0 Å². The summed E-state index contributed by atoms with van der Waals surface area (Å²) in [6.45, 7) is 0.862. The summed E-state index contributed by atoms with van der Waals surface area (Å²) in [6, 6.07) is 3.67. The summed E-state index contributed by atoms with van der Waals surface area (Å²) < 4.78 is 1.79. The van der Waals surface area contributed by atoms with Crippen LogP contribution in [0.3, 0.4) is 0 Å². The summed E-state index contributed by atoms with van der Waals surface area (Å²) in [7, 11) is 0. The normalized spacial score (nSPS) is 11.9. The highest BCUT2D eigenvalue weighted by atomic mass is 35.5. The Morgan fingerprint density at radius 2 is 2.18 bits per heavy atom. The molecule has 0 aliphatic heterocycles. The highest BCUT2D eigenvalue weighted by Gasteiger charge is 2.17. The molecule has 2 aromatic heterocycles. The van der Waals surface area contributed by atoms with Crippen LogP contribution in [0.15, 0.2) is 36.9 Å². The molecule has 8 N–H and O–H groups in total. The molecule has 0 atom stereocenters. The van der Waals surface area contributed by atoms with Gasteiger partial charge in [0.1, 0.15) is 5.82 Å². The second-order valence-electron chi connectivity index (χ2n) is 6.27. The monoisotopic (exact) mass is 405 g/mol. The quantitative estimate of drug-likeness (QED) is 0.179. The minimum atomic E-state index is -0.0856. The first kappa shape index (κ1) is 20.0. The highest BCUT2D eigenvalue weighted by molar-refractivity contribution is 6.32. The number of aliphatic hydroxyl groups excluding tert-OH is 2. The van der Waals surface area contributed by atoms with Crippen LogP contribution in [0.25, 0.3) is 27.9 Å². The smallest absolute Gasteiger partial charge is 0.125 e. The Morgan fingerprint density at radius 3 is 2.86 bits per heavy atom. The van der Waals surface area contributed by atoms with Gasteiger partial charge in [-0.25, -0.2) is 5.84 Å². The molecule has 3 rings (SSSR count). The maximum atomic E-state index is 9.08. The highest BCUT2D eigenvalue weighted by Crippen LogP contribution is 2.38. The topological polar surface area (TPSA) is 141 Å². The van der Waals surface area contributed by atoms with Crippen LogP contribution in [0, 0.1) is 0 Å². The van der Waals surface area contributed by atoms with Gasteiger partial charge < -0.3 is 30.8 Å². The van der Waals surface area contributed by atoms with Gasteiger partial charge in [-0.1, -0.05) is 11.6 Å². The van der Waals surface area contributed by atoms with Crippen LogP contribution in [0.5, 0.6) is 0 Å². The Bertz CT molecular complexity index is 953. The van der Waals surface area contributed by atoms with E-state index < -0.39 is 0 Å². The zero-order chi connectivity index (χ0) is 20.1. The van der Waals surface area contributed by atoms with Crippen LogP contribution in [-0.4, -0.2) is 56.3 Å². The molecule has 150 valence electrons. The average Bonchev–Trinajstić information content (AvgIpc) is 3.29. The Labute approximate surface area is 167 Å². The van der Waals surface area contributed by atoms with Gasteiger partial charge in [0.25, 0.3) is 0 Å². The van der Waals surface area contributed by atoms with Crippen molar-refractivity contribution in [2.24, 2.45) is 11.6 Å². The molecule has 9 nitrogen and oxygen atoms in total. The first-order valence-electron chi connectivity index (χ1n) is 8.83. The lowest BCUT2D eigenvalue weighted by Gasteiger charge is -2.14. The van der Waals surface area contributed by atoms with E-state index >= 15 is 0 Å². The average molecular weight is 406 g/mol. The van der Waals surface area contributed by atoms with Gasteiger partial charge in [-0.3, -0.25) is 5.10 Å². The van der Waals surface area contributed by atoms with Gasteiger partial charge in [0.05, 0.1) is 31.1 Å². The number of rotatable bonds is 9. The fourth-order valence-electron chi connectivity index (χ4n) is 3.01. The third kappa shape index (κ3) is 4.23. The number of hydrazine groups is 1. The van der Waals surface area contributed by atoms with Crippen LogP contribution >= 0.6 is 11.6 Å². The molecule has 1 aromatic carbocycles.